The SMILES string of the molecule is CC(C)CN(CC1OC(C)(C)N(C(=O)OC(C)(C)C)C1Cc1ccc(OCc2ccccc2)cc1)S(=O)(=O)c1ccc2c(c1)OCO2. The Labute approximate surface area is 278 Å². The summed E-state index contributed by atoms with van der Waals surface area (Å²) in [5.41, 5.74) is 0.206. The highest BCUT2D eigenvalue weighted by Gasteiger charge is 2.52. The third kappa shape index (κ3) is 8.38. The van der Waals surface area contributed by atoms with Crippen molar-refractivity contribution in [2.75, 3.05) is 19.9 Å². The van der Waals surface area contributed by atoms with Gasteiger partial charge in [-0.1, -0.05) is 56.3 Å². The Morgan fingerprint density at radius 3 is 2.32 bits per heavy atom. The van der Waals surface area contributed by atoms with Gasteiger partial charge in [0.05, 0.1) is 17.0 Å². The molecule has 0 radical (unpaired) electrons. The Bertz CT molecular complexity index is 1640. The summed E-state index contributed by atoms with van der Waals surface area (Å²) in [6, 6.07) is 21.8. The molecule has 47 heavy (non-hydrogen) atoms. The number of benzene rings is 3. The molecule has 2 aliphatic rings. The lowest BCUT2D eigenvalue weighted by atomic mass is 9.99. The van der Waals surface area contributed by atoms with Crippen LogP contribution in [0.5, 0.6) is 17.2 Å². The second-order valence-corrected chi connectivity index (χ2v) is 15.8. The van der Waals surface area contributed by atoms with E-state index in [-0.39, 0.29) is 30.7 Å². The maximum absolute atomic E-state index is 14.1. The molecule has 1 fully saturated rings. The third-order valence-electron chi connectivity index (χ3n) is 7.92. The summed E-state index contributed by atoms with van der Waals surface area (Å²) in [5, 5.41) is 0. The van der Waals surface area contributed by atoms with Gasteiger partial charge in [-0.25, -0.2) is 13.2 Å². The molecule has 1 amide bonds. The summed E-state index contributed by atoms with van der Waals surface area (Å²) in [4.78, 5) is 15.5. The number of hydrogen-bond acceptors (Lipinski definition) is 8. The van der Waals surface area contributed by atoms with Crippen molar-refractivity contribution >= 4 is 16.1 Å². The third-order valence-corrected chi connectivity index (χ3v) is 9.75. The van der Waals surface area contributed by atoms with Crippen molar-refractivity contribution in [3.8, 4) is 17.2 Å². The monoisotopic (exact) mass is 666 g/mol. The second-order valence-electron chi connectivity index (χ2n) is 13.9. The van der Waals surface area contributed by atoms with Gasteiger partial charge in [-0.3, -0.25) is 4.90 Å². The Morgan fingerprint density at radius 1 is 0.979 bits per heavy atom. The number of sulfonamides is 1. The van der Waals surface area contributed by atoms with Crippen LogP contribution < -0.4 is 14.2 Å². The van der Waals surface area contributed by atoms with E-state index < -0.39 is 39.6 Å². The molecule has 2 aliphatic heterocycles. The quantitative estimate of drug-likeness (QED) is 0.225. The van der Waals surface area contributed by atoms with E-state index in [1.165, 1.54) is 16.4 Å². The molecule has 0 spiro atoms. The highest BCUT2D eigenvalue weighted by Crippen LogP contribution is 2.38. The molecular formula is C36H46N2O8S. The highest BCUT2D eigenvalue weighted by atomic mass is 32.2. The number of amides is 1. The topological polar surface area (TPSA) is 104 Å². The smallest absolute Gasteiger partial charge is 0.412 e. The van der Waals surface area contributed by atoms with Crippen molar-refractivity contribution in [1.29, 1.82) is 0 Å². The number of ether oxygens (including phenoxy) is 5. The van der Waals surface area contributed by atoms with Gasteiger partial charge in [-0.05, 0) is 82.3 Å². The predicted molar refractivity (Wildman–Crippen MR) is 178 cm³/mol. The number of rotatable bonds is 11. The van der Waals surface area contributed by atoms with Gasteiger partial charge >= 0.3 is 6.09 Å². The molecule has 2 heterocycles. The van der Waals surface area contributed by atoms with Gasteiger partial charge in [0.1, 0.15) is 23.7 Å². The Kier molecular flexibility index (Phi) is 10.1. The first-order chi connectivity index (χ1) is 22.1. The van der Waals surface area contributed by atoms with Crippen LogP contribution in [0.4, 0.5) is 4.79 Å². The van der Waals surface area contributed by atoms with E-state index >= 15 is 0 Å². The fourth-order valence-electron chi connectivity index (χ4n) is 5.89. The Balaban J connectivity index is 1.43. The summed E-state index contributed by atoms with van der Waals surface area (Å²) in [7, 11) is -3.97. The molecule has 2 atom stereocenters. The lowest BCUT2D eigenvalue weighted by molar-refractivity contribution is -0.0806. The molecule has 5 rings (SSSR count). The Morgan fingerprint density at radius 2 is 1.66 bits per heavy atom. The zero-order chi connectivity index (χ0) is 34.0. The number of fused-ring (bicyclic) bond motifs is 1. The summed E-state index contributed by atoms with van der Waals surface area (Å²) in [6.45, 7) is 13.8. The molecule has 1 saturated heterocycles. The van der Waals surface area contributed by atoms with Crippen LogP contribution in [-0.2, 0) is 32.5 Å². The van der Waals surface area contributed by atoms with Crippen molar-refractivity contribution < 1.29 is 36.9 Å². The zero-order valence-electron chi connectivity index (χ0n) is 28.3. The van der Waals surface area contributed by atoms with Crippen molar-refractivity contribution in [3.05, 3.63) is 83.9 Å². The van der Waals surface area contributed by atoms with Gasteiger partial charge in [0.25, 0.3) is 0 Å². The summed E-state index contributed by atoms with van der Waals surface area (Å²) < 4.78 is 59.0. The van der Waals surface area contributed by atoms with E-state index in [1.54, 1.807) is 11.0 Å². The minimum absolute atomic E-state index is 0.0250. The molecule has 10 nitrogen and oxygen atoms in total. The van der Waals surface area contributed by atoms with Crippen LogP contribution in [-0.4, -0.2) is 67.1 Å². The zero-order valence-corrected chi connectivity index (χ0v) is 29.1. The lowest BCUT2D eigenvalue weighted by Crippen LogP contribution is -2.52. The minimum atomic E-state index is -3.97. The summed E-state index contributed by atoms with van der Waals surface area (Å²) in [5.74, 6) is 1.64. The maximum atomic E-state index is 14.1. The largest absolute Gasteiger partial charge is 0.489 e. The van der Waals surface area contributed by atoms with Gasteiger partial charge in [0, 0.05) is 19.2 Å². The van der Waals surface area contributed by atoms with E-state index in [0.717, 1.165) is 16.9 Å². The van der Waals surface area contributed by atoms with Gasteiger partial charge in [0.2, 0.25) is 16.8 Å². The van der Waals surface area contributed by atoms with Crippen LogP contribution in [0.3, 0.4) is 0 Å². The first-order valence-electron chi connectivity index (χ1n) is 16.0. The average Bonchev–Trinajstić information content (AvgIpc) is 3.56. The molecule has 2 unspecified atom stereocenters. The van der Waals surface area contributed by atoms with Gasteiger partial charge < -0.3 is 23.7 Å². The lowest BCUT2D eigenvalue weighted by Gasteiger charge is -2.35. The number of carbonyl (C=O) groups excluding carboxylic acids is 1. The molecular weight excluding hydrogens is 620 g/mol. The number of carbonyl (C=O) groups is 1. The Hall–Kier alpha value is -3.80. The van der Waals surface area contributed by atoms with Crippen molar-refractivity contribution in [2.24, 2.45) is 5.92 Å². The molecule has 0 aliphatic carbocycles. The summed E-state index contributed by atoms with van der Waals surface area (Å²) >= 11 is 0. The highest BCUT2D eigenvalue weighted by molar-refractivity contribution is 7.89. The van der Waals surface area contributed by atoms with E-state index in [2.05, 4.69) is 0 Å². The van der Waals surface area contributed by atoms with Crippen LogP contribution in [0.15, 0.2) is 77.7 Å². The van der Waals surface area contributed by atoms with E-state index in [9.17, 15) is 13.2 Å². The van der Waals surface area contributed by atoms with E-state index in [4.69, 9.17) is 23.7 Å². The minimum Gasteiger partial charge on any atom is -0.489 e. The molecule has 0 saturated carbocycles. The predicted octanol–water partition coefficient (Wildman–Crippen LogP) is 6.62. The molecule has 0 bridgehead atoms. The molecule has 254 valence electrons. The maximum Gasteiger partial charge on any atom is 0.412 e. The van der Waals surface area contributed by atoms with Gasteiger partial charge in [-0.2, -0.15) is 4.31 Å². The van der Waals surface area contributed by atoms with Crippen LogP contribution in [0.2, 0.25) is 0 Å². The molecule has 0 N–H and O–H groups in total. The first kappa shape index (κ1) is 34.5. The van der Waals surface area contributed by atoms with Crippen LogP contribution in [0.25, 0.3) is 0 Å². The fourth-order valence-corrected chi connectivity index (χ4v) is 7.52. The molecule has 0 aromatic heterocycles. The molecule has 11 heteroatoms. The van der Waals surface area contributed by atoms with E-state index in [0.29, 0.717) is 24.5 Å². The van der Waals surface area contributed by atoms with Crippen molar-refractivity contribution in [3.63, 3.8) is 0 Å². The normalized spacial score (nSPS) is 19.0. The van der Waals surface area contributed by atoms with Gasteiger partial charge in [0.15, 0.2) is 11.5 Å². The summed E-state index contributed by atoms with van der Waals surface area (Å²) in [6.07, 6.45) is -0.771. The van der Waals surface area contributed by atoms with Crippen molar-refractivity contribution in [2.45, 2.75) is 89.9 Å². The molecule has 3 aromatic rings. The number of nitrogens with zero attached hydrogens (tertiary/aromatic N) is 2. The average molecular weight is 667 g/mol. The van der Waals surface area contributed by atoms with Gasteiger partial charge in [-0.15, -0.1) is 0 Å². The fraction of sp³-hybridized carbons (Fsp3) is 0.472. The van der Waals surface area contributed by atoms with Crippen molar-refractivity contribution in [1.82, 2.24) is 9.21 Å². The number of hydrogen-bond donors (Lipinski definition) is 0. The van der Waals surface area contributed by atoms with E-state index in [1.807, 2.05) is 103 Å². The van der Waals surface area contributed by atoms with Crippen LogP contribution in [0, 0.1) is 5.92 Å². The second kappa shape index (κ2) is 13.7. The standard InChI is InChI=1S/C36H46N2O8S/c1-25(2)21-37(47(40,41)29-17-18-31-32(20-29)44-24-43-31)22-33-30(38(36(6,7)45-33)34(39)46-35(3,4)5)19-26-13-15-28(16-14-26)42-23-27-11-9-8-10-12-27/h8-18,20,25,30,33H,19,21-24H2,1-7H3. The molecule has 3 aromatic carbocycles. The van der Waals surface area contributed by atoms with Crippen LogP contribution in [0.1, 0.15) is 59.6 Å². The van der Waals surface area contributed by atoms with Crippen LogP contribution >= 0.6 is 0 Å². The first-order valence-corrected chi connectivity index (χ1v) is 17.4.